The number of rotatable bonds is 62. The van der Waals surface area contributed by atoms with Crippen molar-refractivity contribution in [1.29, 1.82) is 0 Å². The molecule has 1 atom stereocenters. The molecule has 7 nitrogen and oxygen atoms in total. The standard InChI is InChI=1S/C63H128NO6P/c1-3-5-7-9-11-13-15-17-19-21-23-25-27-28-29-30-31-32-33-34-35-37-39-41-43-45-47-49-51-53-55-58-70-61-62(65)60-64(57-59-71(67,68)69)63(66)56-54-52-50-48-46-44-42-40-38-36-26-24-22-20-18-16-14-12-10-8-6-4-2/h62,65H,3-61H2,1-2H3,(H2,67,68,69). The van der Waals surface area contributed by atoms with E-state index < -0.39 is 13.7 Å². The number of unbranched alkanes of at least 4 members (excludes halogenated alkanes) is 51. The van der Waals surface area contributed by atoms with Crippen molar-refractivity contribution in [3.63, 3.8) is 0 Å². The second kappa shape index (κ2) is 58.8. The number of amides is 1. The molecule has 0 aliphatic rings. The molecule has 0 aliphatic carbocycles. The van der Waals surface area contributed by atoms with Crippen LogP contribution < -0.4 is 0 Å². The van der Waals surface area contributed by atoms with E-state index in [9.17, 15) is 24.3 Å². The SMILES string of the molecule is CCCCCCCCCCCCCCCCCCCCCCCCCCCCCCCCCOCC(O)CN(CCP(=O)(O)O)C(=O)CCCCCCCCCCCCCCCCCCCCCCCC. The number of nitrogens with zero attached hydrogens (tertiary/aromatic N) is 1. The van der Waals surface area contributed by atoms with Crippen molar-refractivity contribution >= 4 is 13.5 Å². The number of carbonyl (C=O) groups excluding carboxylic acids is 1. The summed E-state index contributed by atoms with van der Waals surface area (Å²) < 4.78 is 17.4. The first kappa shape index (κ1) is 70.5. The average Bonchev–Trinajstić information content (AvgIpc) is 3.35. The van der Waals surface area contributed by atoms with Gasteiger partial charge >= 0.3 is 7.60 Å². The average molecular weight is 1030 g/mol. The molecule has 0 aromatic rings. The maximum absolute atomic E-state index is 13.0. The molecule has 0 saturated heterocycles. The van der Waals surface area contributed by atoms with Crippen molar-refractivity contribution in [3.05, 3.63) is 0 Å². The lowest BCUT2D eigenvalue weighted by molar-refractivity contribution is -0.133. The highest BCUT2D eigenvalue weighted by atomic mass is 31.2. The van der Waals surface area contributed by atoms with E-state index in [1.54, 1.807) is 0 Å². The van der Waals surface area contributed by atoms with Gasteiger partial charge in [-0.2, -0.15) is 0 Å². The number of hydrogen-bond donors (Lipinski definition) is 3. The summed E-state index contributed by atoms with van der Waals surface area (Å²) in [5.41, 5.74) is 0. The third kappa shape index (κ3) is 60.3. The highest BCUT2D eigenvalue weighted by molar-refractivity contribution is 7.51. The summed E-state index contributed by atoms with van der Waals surface area (Å²) >= 11 is 0. The van der Waals surface area contributed by atoms with Gasteiger partial charge in [0.15, 0.2) is 0 Å². The normalized spacial score (nSPS) is 12.4. The zero-order valence-corrected chi connectivity index (χ0v) is 49.2. The van der Waals surface area contributed by atoms with Crippen molar-refractivity contribution in [2.75, 3.05) is 32.5 Å². The molecule has 0 fully saturated rings. The molecule has 0 heterocycles. The molecule has 0 bridgehead atoms. The fraction of sp³-hybridized carbons (Fsp3) is 0.984. The van der Waals surface area contributed by atoms with Crippen LogP contribution in [0.1, 0.15) is 361 Å². The fourth-order valence-electron chi connectivity index (χ4n) is 10.5. The molecule has 0 aromatic heterocycles. The molecule has 0 rings (SSSR count). The van der Waals surface area contributed by atoms with Gasteiger partial charge in [0, 0.05) is 26.1 Å². The summed E-state index contributed by atoms with van der Waals surface area (Å²) in [5, 5.41) is 10.7. The first-order valence-electron chi connectivity index (χ1n) is 32.4. The van der Waals surface area contributed by atoms with Gasteiger partial charge in [0.05, 0.1) is 18.9 Å². The van der Waals surface area contributed by atoms with Crippen LogP contribution in [-0.4, -0.2) is 64.3 Å². The lowest BCUT2D eigenvalue weighted by Crippen LogP contribution is -2.40. The molecule has 0 spiro atoms. The van der Waals surface area contributed by atoms with Crippen LogP contribution in [0.2, 0.25) is 0 Å². The molecule has 0 radical (unpaired) electrons. The van der Waals surface area contributed by atoms with Gasteiger partial charge in [-0.25, -0.2) is 0 Å². The smallest absolute Gasteiger partial charge is 0.327 e. The van der Waals surface area contributed by atoms with Crippen LogP contribution in [0.5, 0.6) is 0 Å². The highest BCUT2D eigenvalue weighted by Gasteiger charge is 2.22. The molecule has 1 unspecified atom stereocenters. The van der Waals surface area contributed by atoms with Gasteiger partial charge in [-0.05, 0) is 12.8 Å². The Labute approximate surface area is 444 Å². The van der Waals surface area contributed by atoms with Gasteiger partial charge in [0.25, 0.3) is 0 Å². The van der Waals surface area contributed by atoms with Crippen LogP contribution in [0.15, 0.2) is 0 Å². The summed E-state index contributed by atoms with van der Waals surface area (Å²) in [6.07, 6.45) is 71.4. The molecule has 71 heavy (non-hydrogen) atoms. The molecule has 426 valence electrons. The summed E-state index contributed by atoms with van der Waals surface area (Å²) in [4.78, 5) is 33.4. The van der Waals surface area contributed by atoms with E-state index in [4.69, 9.17) is 4.74 Å². The maximum Gasteiger partial charge on any atom is 0.327 e. The number of carbonyl (C=O) groups is 1. The molecule has 0 saturated carbocycles. The monoisotopic (exact) mass is 1030 g/mol. The van der Waals surface area contributed by atoms with Crippen molar-refractivity contribution in [3.8, 4) is 0 Å². The second-order valence-electron chi connectivity index (χ2n) is 22.7. The summed E-state index contributed by atoms with van der Waals surface area (Å²) in [5.74, 6) is -0.133. The maximum atomic E-state index is 13.0. The minimum atomic E-state index is -4.25. The van der Waals surface area contributed by atoms with E-state index in [0.717, 1.165) is 32.1 Å². The Morgan fingerprint density at radius 1 is 0.380 bits per heavy atom. The molecule has 0 aliphatic heterocycles. The Kier molecular flexibility index (Phi) is 58.4. The van der Waals surface area contributed by atoms with Crippen LogP contribution in [0, 0.1) is 0 Å². The van der Waals surface area contributed by atoms with Gasteiger partial charge in [0.2, 0.25) is 5.91 Å². The minimum Gasteiger partial charge on any atom is -0.389 e. The highest BCUT2D eigenvalue weighted by Crippen LogP contribution is 2.34. The van der Waals surface area contributed by atoms with Crippen LogP contribution in [0.4, 0.5) is 0 Å². The molecule has 3 N–H and O–H groups in total. The Balaban J connectivity index is 3.62. The van der Waals surface area contributed by atoms with E-state index in [2.05, 4.69) is 13.8 Å². The summed E-state index contributed by atoms with van der Waals surface area (Å²) in [6.45, 7) is 5.33. The zero-order valence-electron chi connectivity index (χ0n) is 48.3. The lowest BCUT2D eigenvalue weighted by atomic mass is 10.0. The molecular formula is C63H128NO6P. The van der Waals surface area contributed by atoms with Gasteiger partial charge in [-0.1, -0.05) is 341 Å². The van der Waals surface area contributed by atoms with Crippen molar-refractivity contribution in [2.24, 2.45) is 0 Å². The number of hydrogen-bond acceptors (Lipinski definition) is 4. The number of aliphatic hydroxyl groups is 1. The Hall–Kier alpha value is -0.460. The Bertz CT molecular complexity index is 1070. The Morgan fingerprint density at radius 2 is 0.606 bits per heavy atom. The number of ether oxygens (including phenoxy) is 1. The van der Waals surface area contributed by atoms with Crippen molar-refractivity contribution in [2.45, 2.75) is 367 Å². The Morgan fingerprint density at radius 3 is 0.845 bits per heavy atom. The van der Waals surface area contributed by atoms with Crippen LogP contribution in [0.3, 0.4) is 0 Å². The van der Waals surface area contributed by atoms with Gasteiger partial charge < -0.3 is 24.5 Å². The largest absolute Gasteiger partial charge is 0.389 e. The van der Waals surface area contributed by atoms with Gasteiger partial charge in [0.1, 0.15) is 0 Å². The molecular weight excluding hydrogens is 898 g/mol. The summed E-state index contributed by atoms with van der Waals surface area (Å²) in [7, 11) is -4.25. The number of aliphatic hydroxyl groups excluding tert-OH is 1. The summed E-state index contributed by atoms with van der Waals surface area (Å²) in [6, 6.07) is 0. The van der Waals surface area contributed by atoms with E-state index in [-0.39, 0.29) is 31.8 Å². The predicted octanol–water partition coefficient (Wildman–Crippen LogP) is 20.5. The third-order valence-electron chi connectivity index (χ3n) is 15.4. The second-order valence-corrected chi connectivity index (χ2v) is 24.5. The van der Waals surface area contributed by atoms with Gasteiger partial charge in [-0.3, -0.25) is 9.36 Å². The van der Waals surface area contributed by atoms with E-state index in [0.29, 0.717) is 13.0 Å². The van der Waals surface area contributed by atoms with Crippen LogP contribution in [-0.2, 0) is 14.1 Å². The molecule has 8 heteroatoms. The van der Waals surface area contributed by atoms with Crippen LogP contribution >= 0.6 is 7.60 Å². The molecule has 1 amide bonds. The van der Waals surface area contributed by atoms with Crippen LogP contribution in [0.25, 0.3) is 0 Å². The predicted molar refractivity (Wildman–Crippen MR) is 311 cm³/mol. The van der Waals surface area contributed by atoms with E-state index >= 15 is 0 Å². The van der Waals surface area contributed by atoms with E-state index in [1.807, 2.05) is 0 Å². The minimum absolute atomic E-state index is 0.0425. The third-order valence-corrected chi connectivity index (χ3v) is 16.2. The van der Waals surface area contributed by atoms with Gasteiger partial charge in [-0.15, -0.1) is 0 Å². The topological polar surface area (TPSA) is 107 Å². The van der Waals surface area contributed by atoms with Crippen molar-refractivity contribution < 1.29 is 29.0 Å². The zero-order chi connectivity index (χ0) is 51.7. The lowest BCUT2D eigenvalue weighted by Gasteiger charge is -2.25. The first-order chi connectivity index (χ1) is 34.8. The van der Waals surface area contributed by atoms with Crippen molar-refractivity contribution in [1.82, 2.24) is 4.90 Å². The fourth-order valence-corrected chi connectivity index (χ4v) is 11.0. The molecule has 0 aromatic carbocycles. The van der Waals surface area contributed by atoms with E-state index in [1.165, 1.54) is 313 Å². The first-order valence-corrected chi connectivity index (χ1v) is 34.2. The quantitative estimate of drug-likeness (QED) is 0.0414.